The molecule has 0 radical (unpaired) electrons. The number of amides is 1. The minimum Gasteiger partial charge on any atom is -0.396 e. The van der Waals surface area contributed by atoms with Gasteiger partial charge in [0.25, 0.3) is 5.91 Å². The van der Waals surface area contributed by atoms with Crippen molar-refractivity contribution in [2.75, 3.05) is 11.9 Å². The van der Waals surface area contributed by atoms with Crippen molar-refractivity contribution in [2.45, 2.75) is 6.42 Å². The standard InChI is InChI=1S/C17H15NO2S/c19-10-9-12-5-7-14(8-6-12)18-17(20)16-11-13-3-1-2-4-15(13)21-16/h1-8,11,19H,9-10H2,(H,18,20). The van der Waals surface area contributed by atoms with E-state index >= 15 is 0 Å². The molecular formula is C17H15NO2S. The summed E-state index contributed by atoms with van der Waals surface area (Å²) >= 11 is 1.49. The Morgan fingerprint density at radius 1 is 1.10 bits per heavy atom. The van der Waals surface area contributed by atoms with Crippen LogP contribution in [0.25, 0.3) is 10.1 Å². The molecule has 0 aliphatic rings. The number of aliphatic hydroxyl groups is 1. The number of nitrogens with one attached hydrogen (secondary N) is 1. The summed E-state index contributed by atoms with van der Waals surface area (Å²) in [7, 11) is 0. The minimum atomic E-state index is -0.0916. The number of benzene rings is 2. The maximum Gasteiger partial charge on any atom is 0.265 e. The molecule has 0 atom stereocenters. The molecule has 21 heavy (non-hydrogen) atoms. The maximum absolute atomic E-state index is 12.3. The number of anilines is 1. The topological polar surface area (TPSA) is 49.3 Å². The van der Waals surface area contributed by atoms with E-state index in [1.807, 2.05) is 54.6 Å². The molecule has 0 aliphatic heterocycles. The van der Waals surface area contributed by atoms with Gasteiger partial charge in [0.2, 0.25) is 0 Å². The summed E-state index contributed by atoms with van der Waals surface area (Å²) in [5.41, 5.74) is 1.82. The fraction of sp³-hybridized carbons (Fsp3) is 0.118. The molecule has 1 heterocycles. The van der Waals surface area contributed by atoms with E-state index in [2.05, 4.69) is 5.32 Å². The highest BCUT2D eigenvalue weighted by Gasteiger charge is 2.10. The molecule has 106 valence electrons. The summed E-state index contributed by atoms with van der Waals surface area (Å²) < 4.78 is 1.11. The molecule has 3 rings (SSSR count). The average molecular weight is 297 g/mol. The van der Waals surface area contributed by atoms with Crippen LogP contribution in [0, 0.1) is 0 Å². The third kappa shape index (κ3) is 3.12. The van der Waals surface area contributed by atoms with Crippen molar-refractivity contribution < 1.29 is 9.90 Å². The van der Waals surface area contributed by atoms with Gasteiger partial charge in [-0.25, -0.2) is 0 Å². The summed E-state index contributed by atoms with van der Waals surface area (Å²) in [6.45, 7) is 0.132. The largest absolute Gasteiger partial charge is 0.396 e. The van der Waals surface area contributed by atoms with Gasteiger partial charge in [-0.15, -0.1) is 11.3 Å². The van der Waals surface area contributed by atoms with E-state index in [1.165, 1.54) is 11.3 Å². The summed E-state index contributed by atoms with van der Waals surface area (Å²) in [6, 6.07) is 17.4. The lowest BCUT2D eigenvalue weighted by Crippen LogP contribution is -2.09. The zero-order valence-electron chi connectivity index (χ0n) is 11.4. The van der Waals surface area contributed by atoms with Gasteiger partial charge in [0.05, 0.1) is 4.88 Å². The lowest BCUT2D eigenvalue weighted by Gasteiger charge is -2.04. The van der Waals surface area contributed by atoms with Crippen molar-refractivity contribution in [1.29, 1.82) is 0 Å². The lowest BCUT2D eigenvalue weighted by atomic mass is 10.1. The molecule has 0 fully saturated rings. The van der Waals surface area contributed by atoms with Gasteiger partial charge in [0.15, 0.2) is 0 Å². The van der Waals surface area contributed by atoms with E-state index in [1.54, 1.807) is 0 Å². The van der Waals surface area contributed by atoms with E-state index in [0.29, 0.717) is 11.3 Å². The summed E-state index contributed by atoms with van der Waals surface area (Å²) in [5.74, 6) is -0.0916. The third-order valence-electron chi connectivity index (χ3n) is 3.26. The second kappa shape index (κ2) is 6.08. The quantitative estimate of drug-likeness (QED) is 0.771. The van der Waals surface area contributed by atoms with Crippen molar-refractivity contribution >= 4 is 33.0 Å². The van der Waals surface area contributed by atoms with Gasteiger partial charge < -0.3 is 10.4 Å². The van der Waals surface area contributed by atoms with Crippen LogP contribution in [-0.2, 0) is 6.42 Å². The average Bonchev–Trinajstić information content (AvgIpc) is 2.94. The Balaban J connectivity index is 1.76. The van der Waals surface area contributed by atoms with Gasteiger partial charge in [-0.1, -0.05) is 30.3 Å². The van der Waals surface area contributed by atoms with E-state index in [-0.39, 0.29) is 12.5 Å². The van der Waals surface area contributed by atoms with Crippen LogP contribution >= 0.6 is 11.3 Å². The van der Waals surface area contributed by atoms with Crippen LogP contribution in [0.4, 0.5) is 5.69 Å². The first-order valence-corrected chi connectivity index (χ1v) is 7.57. The summed E-state index contributed by atoms with van der Waals surface area (Å²) in [6.07, 6.45) is 0.630. The monoisotopic (exact) mass is 297 g/mol. The van der Waals surface area contributed by atoms with Crippen LogP contribution in [-0.4, -0.2) is 17.6 Å². The van der Waals surface area contributed by atoms with E-state index in [9.17, 15) is 4.79 Å². The normalized spacial score (nSPS) is 10.7. The smallest absolute Gasteiger partial charge is 0.265 e. The SMILES string of the molecule is O=C(Nc1ccc(CCO)cc1)c1cc2ccccc2s1. The number of hydrogen-bond acceptors (Lipinski definition) is 3. The predicted octanol–water partition coefficient (Wildman–Crippen LogP) is 3.69. The molecule has 2 aromatic carbocycles. The molecule has 0 spiro atoms. The minimum absolute atomic E-state index is 0.0916. The lowest BCUT2D eigenvalue weighted by molar-refractivity contribution is 0.103. The summed E-state index contributed by atoms with van der Waals surface area (Å²) in [5, 5.41) is 12.9. The van der Waals surface area contributed by atoms with Crippen LogP contribution < -0.4 is 5.32 Å². The second-order valence-corrected chi connectivity index (χ2v) is 5.86. The Morgan fingerprint density at radius 2 is 1.86 bits per heavy atom. The van der Waals surface area contributed by atoms with Crippen molar-refractivity contribution in [3.63, 3.8) is 0 Å². The van der Waals surface area contributed by atoms with Gasteiger partial charge >= 0.3 is 0 Å². The molecular weight excluding hydrogens is 282 g/mol. The Kier molecular flexibility index (Phi) is 3.99. The maximum atomic E-state index is 12.3. The Bertz CT molecular complexity index is 729. The van der Waals surface area contributed by atoms with Gasteiger partial charge in [-0.2, -0.15) is 0 Å². The highest BCUT2D eigenvalue weighted by atomic mass is 32.1. The number of aliphatic hydroxyl groups excluding tert-OH is 1. The first-order valence-electron chi connectivity index (χ1n) is 6.76. The molecule has 2 N–H and O–H groups in total. The van der Waals surface area contributed by atoms with Crippen molar-refractivity contribution in [1.82, 2.24) is 0 Å². The molecule has 1 amide bonds. The molecule has 0 saturated heterocycles. The first-order chi connectivity index (χ1) is 10.3. The van der Waals surface area contributed by atoms with Gasteiger partial charge in [-0.3, -0.25) is 4.79 Å². The Hall–Kier alpha value is -2.17. The van der Waals surface area contributed by atoms with E-state index in [0.717, 1.165) is 21.3 Å². The summed E-state index contributed by atoms with van der Waals surface area (Å²) in [4.78, 5) is 13.0. The van der Waals surface area contributed by atoms with Crippen LogP contribution in [0.1, 0.15) is 15.2 Å². The third-order valence-corrected chi connectivity index (χ3v) is 4.38. The van der Waals surface area contributed by atoms with Crippen molar-refractivity contribution in [2.24, 2.45) is 0 Å². The Morgan fingerprint density at radius 3 is 2.57 bits per heavy atom. The molecule has 0 saturated carbocycles. The molecule has 4 heteroatoms. The fourth-order valence-corrected chi connectivity index (χ4v) is 3.13. The van der Waals surface area contributed by atoms with Crippen LogP contribution in [0.5, 0.6) is 0 Å². The molecule has 3 nitrogen and oxygen atoms in total. The van der Waals surface area contributed by atoms with E-state index in [4.69, 9.17) is 5.11 Å². The van der Waals surface area contributed by atoms with Crippen LogP contribution in [0.2, 0.25) is 0 Å². The fourth-order valence-electron chi connectivity index (χ4n) is 2.17. The highest BCUT2D eigenvalue weighted by molar-refractivity contribution is 7.20. The first kappa shape index (κ1) is 13.8. The zero-order chi connectivity index (χ0) is 14.7. The number of fused-ring (bicyclic) bond motifs is 1. The van der Waals surface area contributed by atoms with E-state index < -0.39 is 0 Å². The highest BCUT2D eigenvalue weighted by Crippen LogP contribution is 2.26. The van der Waals surface area contributed by atoms with Crippen LogP contribution in [0.15, 0.2) is 54.6 Å². The van der Waals surface area contributed by atoms with Crippen LogP contribution in [0.3, 0.4) is 0 Å². The van der Waals surface area contributed by atoms with Gasteiger partial charge in [-0.05, 0) is 41.6 Å². The van der Waals surface area contributed by atoms with Gasteiger partial charge in [0.1, 0.15) is 0 Å². The molecule has 0 unspecified atom stereocenters. The predicted molar refractivity (Wildman–Crippen MR) is 87.0 cm³/mol. The Labute approximate surface area is 126 Å². The van der Waals surface area contributed by atoms with Crippen molar-refractivity contribution in [3.8, 4) is 0 Å². The number of rotatable bonds is 4. The zero-order valence-corrected chi connectivity index (χ0v) is 12.2. The van der Waals surface area contributed by atoms with Crippen molar-refractivity contribution in [3.05, 3.63) is 65.0 Å². The molecule has 3 aromatic rings. The number of hydrogen-bond donors (Lipinski definition) is 2. The molecule has 0 aliphatic carbocycles. The number of carbonyl (C=O) groups excluding carboxylic acids is 1. The number of carbonyl (C=O) groups is 1. The molecule has 0 bridgehead atoms. The van der Waals surface area contributed by atoms with Gasteiger partial charge in [0, 0.05) is 17.0 Å². The second-order valence-electron chi connectivity index (χ2n) is 4.77. The number of thiophene rings is 1. The molecule has 1 aromatic heterocycles.